The molecule has 2 N–H and O–H groups in total. The van der Waals surface area contributed by atoms with Crippen molar-refractivity contribution in [2.45, 2.75) is 26.4 Å². The van der Waals surface area contributed by atoms with E-state index in [-0.39, 0.29) is 5.39 Å². The molecule has 1 fully saturated rings. The molecule has 0 unspecified atom stereocenters. The van der Waals surface area contributed by atoms with Gasteiger partial charge in [0.2, 0.25) is 5.95 Å². The molecule has 0 spiro atoms. The van der Waals surface area contributed by atoms with Crippen LogP contribution >= 0.6 is 11.6 Å². The summed E-state index contributed by atoms with van der Waals surface area (Å²) in [6.07, 6.45) is 2.77. The summed E-state index contributed by atoms with van der Waals surface area (Å²) >= 11 is 6.64. The van der Waals surface area contributed by atoms with Crippen molar-refractivity contribution < 1.29 is 9.50 Å². The van der Waals surface area contributed by atoms with Crippen molar-refractivity contribution in [3.8, 4) is 5.82 Å². The Morgan fingerprint density at radius 1 is 1.11 bits per heavy atom. The van der Waals surface area contributed by atoms with Gasteiger partial charge in [0, 0.05) is 44.3 Å². The minimum absolute atomic E-state index is 0.274. The molecule has 1 saturated heterocycles. The van der Waals surface area contributed by atoms with E-state index < -0.39 is 11.4 Å². The summed E-state index contributed by atoms with van der Waals surface area (Å²) in [5, 5.41) is 14.4. The van der Waals surface area contributed by atoms with Gasteiger partial charge >= 0.3 is 0 Å². The number of halogens is 2. The smallest absolute Gasteiger partial charge is 0.229 e. The number of fused-ring (bicyclic) bond motifs is 1. The Bertz CT molecular complexity index is 1390. The first-order chi connectivity index (χ1) is 17.2. The van der Waals surface area contributed by atoms with Crippen LogP contribution in [0, 0.1) is 5.82 Å². The Kier molecular flexibility index (Phi) is 6.55. The van der Waals surface area contributed by atoms with Gasteiger partial charge in [-0.3, -0.25) is 4.57 Å². The number of hydrogen-bond donors (Lipinski definition) is 2. The number of hydrogen-bond acceptors (Lipinski definition) is 7. The number of benzene rings is 1. The van der Waals surface area contributed by atoms with Crippen molar-refractivity contribution in [3.63, 3.8) is 0 Å². The highest BCUT2D eigenvalue weighted by Gasteiger charge is 2.21. The third kappa shape index (κ3) is 4.86. The van der Waals surface area contributed by atoms with Crippen molar-refractivity contribution in [3.05, 3.63) is 65.3 Å². The van der Waals surface area contributed by atoms with E-state index in [0.29, 0.717) is 28.1 Å². The largest absolute Gasteiger partial charge is 0.384 e. The maximum atomic E-state index is 14.7. The molecule has 1 aliphatic rings. The lowest BCUT2D eigenvalue weighted by molar-refractivity contribution is 0.0738. The van der Waals surface area contributed by atoms with Gasteiger partial charge in [-0.2, -0.15) is 4.98 Å². The molecule has 188 valence electrons. The summed E-state index contributed by atoms with van der Waals surface area (Å²) in [5.41, 5.74) is 1.44. The molecule has 4 aromatic rings. The predicted octanol–water partition coefficient (Wildman–Crippen LogP) is 4.72. The Hall–Kier alpha value is -3.27. The van der Waals surface area contributed by atoms with E-state index in [1.54, 1.807) is 36.6 Å². The number of rotatable bonds is 6. The number of pyridine rings is 1. The van der Waals surface area contributed by atoms with E-state index in [2.05, 4.69) is 37.0 Å². The van der Waals surface area contributed by atoms with E-state index in [1.165, 1.54) is 12.4 Å². The van der Waals surface area contributed by atoms with Gasteiger partial charge in [-0.1, -0.05) is 24.6 Å². The molecule has 1 aromatic carbocycles. The van der Waals surface area contributed by atoms with Gasteiger partial charge in [-0.05, 0) is 50.7 Å². The van der Waals surface area contributed by atoms with E-state index in [1.807, 2.05) is 18.2 Å². The predicted molar refractivity (Wildman–Crippen MR) is 141 cm³/mol. The summed E-state index contributed by atoms with van der Waals surface area (Å²) < 4.78 is 16.2. The molecule has 3 aromatic heterocycles. The Labute approximate surface area is 214 Å². The molecule has 0 saturated carbocycles. The average Bonchev–Trinajstić information content (AvgIpc) is 3.19. The number of likely N-dealkylation sites (N-methyl/N-ethyl adjacent to an activating group) is 1. The van der Waals surface area contributed by atoms with Crippen LogP contribution in [0.5, 0.6) is 0 Å². The second-order valence-electron chi connectivity index (χ2n) is 9.43. The fraction of sp³-hybridized carbons (Fsp3) is 0.346. The van der Waals surface area contributed by atoms with Crippen molar-refractivity contribution in [1.82, 2.24) is 24.4 Å². The van der Waals surface area contributed by atoms with Crippen molar-refractivity contribution in [2.75, 3.05) is 42.9 Å². The minimum Gasteiger partial charge on any atom is -0.384 e. The highest BCUT2D eigenvalue weighted by molar-refractivity contribution is 6.33. The SMILES string of the molecule is CCN1CCN(c2ccc(Nc3ncc4c(F)cn(-c5cccc(C(C)(C)O)n5)c4n3)cc2Cl)CC1. The Balaban J connectivity index is 1.41. The molecule has 36 heavy (non-hydrogen) atoms. The fourth-order valence-electron chi connectivity index (χ4n) is 4.38. The highest BCUT2D eigenvalue weighted by atomic mass is 35.5. The molecule has 4 heterocycles. The maximum Gasteiger partial charge on any atom is 0.229 e. The van der Waals surface area contributed by atoms with E-state index in [0.717, 1.165) is 44.1 Å². The average molecular weight is 510 g/mol. The van der Waals surface area contributed by atoms with Crippen LogP contribution in [-0.2, 0) is 5.60 Å². The van der Waals surface area contributed by atoms with Gasteiger partial charge in [0.25, 0.3) is 0 Å². The van der Waals surface area contributed by atoms with Crippen LogP contribution in [-0.4, -0.2) is 62.2 Å². The molecule has 0 amide bonds. The maximum absolute atomic E-state index is 14.7. The highest BCUT2D eigenvalue weighted by Crippen LogP contribution is 2.31. The number of nitrogens with zero attached hydrogens (tertiary/aromatic N) is 6. The molecular weight excluding hydrogens is 481 g/mol. The van der Waals surface area contributed by atoms with Gasteiger partial charge in [0.05, 0.1) is 21.8 Å². The summed E-state index contributed by atoms with van der Waals surface area (Å²) in [5.74, 6) is 0.298. The first-order valence-electron chi connectivity index (χ1n) is 12.0. The molecule has 10 heteroatoms. The fourth-order valence-corrected chi connectivity index (χ4v) is 4.68. The number of nitrogens with one attached hydrogen (secondary N) is 1. The second-order valence-corrected chi connectivity index (χ2v) is 9.84. The lowest BCUT2D eigenvalue weighted by atomic mass is 10.1. The number of anilines is 3. The Morgan fingerprint density at radius 2 is 1.89 bits per heavy atom. The lowest BCUT2D eigenvalue weighted by Gasteiger charge is -2.36. The normalized spacial score (nSPS) is 15.0. The van der Waals surface area contributed by atoms with Gasteiger partial charge in [-0.15, -0.1) is 0 Å². The van der Waals surface area contributed by atoms with Crippen LogP contribution < -0.4 is 10.2 Å². The number of aromatic nitrogens is 4. The summed E-state index contributed by atoms with van der Waals surface area (Å²) in [6, 6.07) is 11.0. The molecule has 0 atom stereocenters. The van der Waals surface area contributed by atoms with Crippen molar-refractivity contribution in [1.29, 1.82) is 0 Å². The summed E-state index contributed by atoms with van der Waals surface area (Å²) in [6.45, 7) is 10.4. The summed E-state index contributed by atoms with van der Waals surface area (Å²) in [7, 11) is 0. The third-order valence-electron chi connectivity index (χ3n) is 6.47. The van der Waals surface area contributed by atoms with Gasteiger partial charge in [-0.25, -0.2) is 14.4 Å². The standard InChI is InChI=1S/C26H29ClFN7O/c1-4-33-10-12-34(13-11-33)21-9-8-17(14-19(21)27)30-25-29-15-18-20(28)16-35(24(18)32-25)23-7-5-6-22(31-23)26(2,3)36/h5-9,14-16,36H,4,10-13H2,1-3H3,(H,29,30,32). The van der Waals surface area contributed by atoms with E-state index in [4.69, 9.17) is 11.6 Å². The monoisotopic (exact) mass is 509 g/mol. The zero-order valence-electron chi connectivity index (χ0n) is 20.5. The minimum atomic E-state index is -1.13. The molecule has 8 nitrogen and oxygen atoms in total. The molecule has 0 aliphatic carbocycles. The molecule has 0 bridgehead atoms. The van der Waals surface area contributed by atoms with Gasteiger partial charge in [0.15, 0.2) is 11.5 Å². The molecule has 5 rings (SSSR count). The van der Waals surface area contributed by atoms with Gasteiger partial charge in [0.1, 0.15) is 11.4 Å². The van der Waals surface area contributed by atoms with Gasteiger partial charge < -0.3 is 20.2 Å². The van der Waals surface area contributed by atoms with Crippen LogP contribution in [0.3, 0.4) is 0 Å². The zero-order chi connectivity index (χ0) is 25.4. The van der Waals surface area contributed by atoms with Crippen LogP contribution in [0.4, 0.5) is 21.7 Å². The quantitative estimate of drug-likeness (QED) is 0.389. The van der Waals surface area contributed by atoms with E-state index >= 15 is 0 Å². The molecule has 1 aliphatic heterocycles. The van der Waals surface area contributed by atoms with Crippen molar-refractivity contribution >= 4 is 40.0 Å². The first kappa shape index (κ1) is 24.4. The second kappa shape index (κ2) is 9.65. The zero-order valence-corrected chi connectivity index (χ0v) is 21.3. The number of piperazine rings is 1. The third-order valence-corrected chi connectivity index (χ3v) is 6.77. The van der Waals surface area contributed by atoms with Crippen LogP contribution in [0.2, 0.25) is 5.02 Å². The molecular formula is C26H29ClFN7O. The van der Waals surface area contributed by atoms with Crippen LogP contribution in [0.15, 0.2) is 48.8 Å². The number of aliphatic hydroxyl groups is 1. The van der Waals surface area contributed by atoms with Crippen molar-refractivity contribution in [2.24, 2.45) is 0 Å². The van der Waals surface area contributed by atoms with Crippen LogP contribution in [0.1, 0.15) is 26.5 Å². The molecule has 0 radical (unpaired) electrons. The first-order valence-corrected chi connectivity index (χ1v) is 12.4. The van der Waals surface area contributed by atoms with E-state index in [9.17, 15) is 9.50 Å². The Morgan fingerprint density at radius 3 is 2.58 bits per heavy atom. The topological polar surface area (TPSA) is 82.3 Å². The lowest BCUT2D eigenvalue weighted by Crippen LogP contribution is -2.46. The van der Waals surface area contributed by atoms with Crippen LogP contribution in [0.25, 0.3) is 16.9 Å². The summed E-state index contributed by atoms with van der Waals surface area (Å²) in [4.78, 5) is 18.1.